The van der Waals surface area contributed by atoms with E-state index in [0.29, 0.717) is 41.0 Å². The lowest BCUT2D eigenvalue weighted by Gasteiger charge is -2.15. The summed E-state index contributed by atoms with van der Waals surface area (Å²) in [6.45, 7) is 0.775. The van der Waals surface area contributed by atoms with Crippen molar-refractivity contribution >= 4 is 34.1 Å². The maximum absolute atomic E-state index is 13.2. The third kappa shape index (κ3) is 3.47. The van der Waals surface area contributed by atoms with E-state index < -0.39 is 12.0 Å². The number of hydrogen-bond acceptors (Lipinski definition) is 5. The Hall–Kier alpha value is -4.46. The zero-order valence-corrected chi connectivity index (χ0v) is 16.9. The number of benzene rings is 3. The first kappa shape index (κ1) is 19.5. The van der Waals surface area contributed by atoms with Crippen LogP contribution >= 0.6 is 0 Å². The fraction of sp³-hybridized carbons (Fsp3) is 0.0833. The first-order chi connectivity index (χ1) is 15.6. The zero-order chi connectivity index (χ0) is 22.1. The van der Waals surface area contributed by atoms with Gasteiger partial charge in [0.15, 0.2) is 5.69 Å². The Morgan fingerprint density at radius 3 is 2.34 bits per heavy atom. The highest BCUT2D eigenvalue weighted by Crippen LogP contribution is 2.23. The molecule has 0 bridgehead atoms. The van der Waals surface area contributed by atoms with Crippen molar-refractivity contribution in [2.75, 3.05) is 23.4 Å². The van der Waals surface area contributed by atoms with E-state index in [-0.39, 0.29) is 11.3 Å². The van der Waals surface area contributed by atoms with Gasteiger partial charge in [-0.15, -0.1) is 0 Å². The molecule has 1 aliphatic rings. The number of ether oxygens (including phenoxy) is 1. The normalized spacial score (nSPS) is 13.2. The molecule has 1 aromatic heterocycles. The van der Waals surface area contributed by atoms with Crippen molar-refractivity contribution < 1.29 is 14.3 Å². The van der Waals surface area contributed by atoms with Gasteiger partial charge >= 0.3 is 6.09 Å². The van der Waals surface area contributed by atoms with Crippen LogP contribution in [0.1, 0.15) is 10.5 Å². The molecule has 1 aliphatic heterocycles. The molecule has 0 spiro atoms. The molecule has 1 saturated heterocycles. The summed E-state index contributed by atoms with van der Waals surface area (Å²) in [6.07, 6.45) is -0.420. The highest BCUT2D eigenvalue weighted by molar-refractivity contribution is 6.11. The number of nitrogens with zero attached hydrogens (tertiary/aromatic N) is 3. The van der Waals surface area contributed by atoms with Crippen LogP contribution in [0.4, 0.5) is 16.2 Å². The molecule has 158 valence electrons. The largest absolute Gasteiger partial charge is 0.447 e. The number of nitrogens with one attached hydrogen (secondary N) is 1. The van der Waals surface area contributed by atoms with Crippen molar-refractivity contribution in [2.24, 2.45) is 0 Å². The second kappa shape index (κ2) is 7.99. The number of anilines is 2. The Bertz CT molecular complexity index is 1400. The van der Waals surface area contributed by atoms with Crippen molar-refractivity contribution in [3.63, 3.8) is 0 Å². The quantitative estimate of drug-likeness (QED) is 0.538. The number of para-hydroxylation sites is 1. The number of carbonyl (C=O) groups is 2. The average Bonchev–Trinajstić information content (AvgIpc) is 3.26. The van der Waals surface area contributed by atoms with E-state index >= 15 is 0 Å². The zero-order valence-electron chi connectivity index (χ0n) is 16.9. The molecule has 2 heterocycles. The molecule has 0 aliphatic carbocycles. The molecular formula is C24H18N4O4. The molecule has 0 radical (unpaired) electrons. The number of carbonyl (C=O) groups excluding carboxylic acids is 2. The molecule has 4 aromatic rings. The summed E-state index contributed by atoms with van der Waals surface area (Å²) in [6, 6.07) is 22.8. The van der Waals surface area contributed by atoms with Crippen LogP contribution in [0.5, 0.6) is 0 Å². The van der Waals surface area contributed by atoms with Crippen molar-refractivity contribution in [3.8, 4) is 5.69 Å². The lowest BCUT2D eigenvalue weighted by molar-refractivity contribution is 0.102. The molecule has 32 heavy (non-hydrogen) atoms. The van der Waals surface area contributed by atoms with E-state index in [2.05, 4.69) is 10.4 Å². The second-order valence-electron chi connectivity index (χ2n) is 7.22. The number of rotatable bonds is 4. The van der Waals surface area contributed by atoms with Crippen molar-refractivity contribution in [2.45, 2.75) is 0 Å². The fourth-order valence-corrected chi connectivity index (χ4v) is 3.67. The molecule has 8 heteroatoms. The topological polar surface area (TPSA) is 93.5 Å². The van der Waals surface area contributed by atoms with Crippen LogP contribution in [-0.4, -0.2) is 34.9 Å². The van der Waals surface area contributed by atoms with Gasteiger partial charge in [-0.2, -0.15) is 9.78 Å². The molecule has 5 rings (SSSR count). The Morgan fingerprint density at radius 2 is 1.59 bits per heavy atom. The maximum Gasteiger partial charge on any atom is 0.414 e. The predicted octanol–water partition coefficient (Wildman–Crippen LogP) is 3.59. The minimum Gasteiger partial charge on any atom is -0.447 e. The Kier molecular flexibility index (Phi) is 4.87. The van der Waals surface area contributed by atoms with Gasteiger partial charge in [-0.05, 0) is 36.4 Å². The van der Waals surface area contributed by atoms with Gasteiger partial charge in [0.2, 0.25) is 0 Å². The van der Waals surface area contributed by atoms with Crippen molar-refractivity contribution in [1.82, 2.24) is 9.78 Å². The monoisotopic (exact) mass is 426 g/mol. The number of hydrogen-bond donors (Lipinski definition) is 1. The SMILES string of the molecule is O=C(Nc1cccc(N2CCOC2=O)c1)c1nn(-c2ccccc2)c(=O)c2ccccc12. The molecule has 2 amide bonds. The minimum absolute atomic E-state index is 0.120. The van der Waals surface area contributed by atoms with Gasteiger partial charge in [-0.1, -0.05) is 42.5 Å². The summed E-state index contributed by atoms with van der Waals surface area (Å²) >= 11 is 0. The Morgan fingerprint density at radius 1 is 0.875 bits per heavy atom. The van der Waals surface area contributed by atoms with Gasteiger partial charge in [-0.3, -0.25) is 14.5 Å². The van der Waals surface area contributed by atoms with Crippen LogP contribution in [0.2, 0.25) is 0 Å². The van der Waals surface area contributed by atoms with Crippen LogP contribution in [-0.2, 0) is 4.74 Å². The molecule has 1 N–H and O–H groups in total. The highest BCUT2D eigenvalue weighted by Gasteiger charge is 2.24. The van der Waals surface area contributed by atoms with Gasteiger partial charge in [-0.25, -0.2) is 4.79 Å². The number of cyclic esters (lactones) is 1. The van der Waals surface area contributed by atoms with Crippen LogP contribution < -0.4 is 15.8 Å². The van der Waals surface area contributed by atoms with Crippen LogP contribution in [0.3, 0.4) is 0 Å². The summed E-state index contributed by atoms with van der Waals surface area (Å²) in [5.41, 5.74) is 1.49. The van der Waals surface area contributed by atoms with Crippen molar-refractivity contribution in [1.29, 1.82) is 0 Å². The maximum atomic E-state index is 13.2. The molecule has 0 unspecified atom stereocenters. The number of fused-ring (bicyclic) bond motifs is 1. The summed E-state index contributed by atoms with van der Waals surface area (Å²) in [7, 11) is 0. The number of amides is 2. The molecule has 8 nitrogen and oxygen atoms in total. The minimum atomic E-state index is -0.466. The summed E-state index contributed by atoms with van der Waals surface area (Å²) in [4.78, 5) is 39.6. The number of aromatic nitrogens is 2. The Balaban J connectivity index is 1.55. The summed E-state index contributed by atoms with van der Waals surface area (Å²) < 4.78 is 6.21. The van der Waals surface area contributed by atoms with E-state index in [0.717, 1.165) is 0 Å². The van der Waals surface area contributed by atoms with Gasteiger partial charge in [0.1, 0.15) is 6.61 Å². The van der Waals surface area contributed by atoms with Gasteiger partial charge in [0.05, 0.1) is 17.6 Å². The fourth-order valence-electron chi connectivity index (χ4n) is 3.67. The van der Waals surface area contributed by atoms with E-state index in [9.17, 15) is 14.4 Å². The Labute approximate surface area is 182 Å². The third-order valence-corrected chi connectivity index (χ3v) is 5.20. The highest BCUT2D eigenvalue weighted by atomic mass is 16.6. The summed E-state index contributed by atoms with van der Waals surface area (Å²) in [5, 5.41) is 8.07. The lowest BCUT2D eigenvalue weighted by Crippen LogP contribution is -2.26. The average molecular weight is 426 g/mol. The van der Waals surface area contributed by atoms with Gasteiger partial charge in [0.25, 0.3) is 11.5 Å². The second-order valence-corrected chi connectivity index (χ2v) is 7.22. The third-order valence-electron chi connectivity index (χ3n) is 5.20. The molecule has 1 fully saturated rings. The lowest BCUT2D eigenvalue weighted by atomic mass is 10.1. The van der Waals surface area contributed by atoms with Crippen LogP contribution in [0.25, 0.3) is 16.5 Å². The first-order valence-electron chi connectivity index (χ1n) is 10.0. The molecule has 0 saturated carbocycles. The van der Waals surface area contributed by atoms with E-state index in [4.69, 9.17) is 4.74 Å². The van der Waals surface area contributed by atoms with E-state index in [1.54, 1.807) is 72.8 Å². The van der Waals surface area contributed by atoms with Crippen molar-refractivity contribution in [3.05, 3.63) is 94.9 Å². The van der Waals surface area contributed by atoms with Crippen LogP contribution in [0, 0.1) is 0 Å². The van der Waals surface area contributed by atoms with E-state index in [1.165, 1.54) is 9.58 Å². The first-order valence-corrected chi connectivity index (χ1v) is 10.0. The molecule has 0 atom stereocenters. The standard InChI is InChI=1S/C24H18N4O4/c29-22(25-16-7-6-10-18(15-16)27-13-14-32-24(27)31)21-19-11-4-5-12-20(19)23(30)28(26-21)17-8-2-1-3-9-17/h1-12,15H,13-14H2,(H,25,29). The van der Waals surface area contributed by atoms with Gasteiger partial charge < -0.3 is 10.1 Å². The van der Waals surface area contributed by atoms with E-state index in [1.807, 2.05) is 6.07 Å². The van der Waals surface area contributed by atoms with Gasteiger partial charge in [0, 0.05) is 16.8 Å². The van der Waals surface area contributed by atoms with Crippen LogP contribution in [0.15, 0.2) is 83.7 Å². The smallest absolute Gasteiger partial charge is 0.414 e. The molecular weight excluding hydrogens is 408 g/mol. The predicted molar refractivity (Wildman–Crippen MR) is 120 cm³/mol. The summed E-state index contributed by atoms with van der Waals surface area (Å²) in [5.74, 6) is -0.466. The molecule has 3 aromatic carbocycles.